The second kappa shape index (κ2) is 4.65. The predicted octanol–water partition coefficient (Wildman–Crippen LogP) is 1.68. The van der Waals surface area contributed by atoms with Gasteiger partial charge in [0.2, 0.25) is 5.91 Å². The van der Waals surface area contributed by atoms with Crippen molar-refractivity contribution in [1.82, 2.24) is 5.43 Å². The van der Waals surface area contributed by atoms with Gasteiger partial charge in [0, 0.05) is 12.5 Å². The molecule has 4 nitrogen and oxygen atoms in total. The fourth-order valence-corrected chi connectivity index (χ4v) is 1.97. The molecule has 5 heteroatoms. The molecular weight excluding hydrogens is 272 g/mol. The van der Waals surface area contributed by atoms with Crippen LogP contribution in [0, 0.1) is 0 Å². The van der Waals surface area contributed by atoms with Gasteiger partial charge >= 0.3 is 0 Å². The van der Waals surface area contributed by atoms with Crippen molar-refractivity contribution in [2.45, 2.75) is 11.8 Å². The number of carbonyl (C=O) groups is 1. The first-order valence-electron chi connectivity index (χ1n) is 4.89. The minimum Gasteiger partial charge on any atom is -0.491 e. The lowest BCUT2D eigenvalue weighted by Crippen LogP contribution is -2.31. The first-order valence-corrected chi connectivity index (χ1v) is 5.80. The van der Waals surface area contributed by atoms with Crippen LogP contribution in [0.3, 0.4) is 0 Å². The lowest BCUT2D eigenvalue weighted by Gasteiger charge is -2.22. The van der Waals surface area contributed by atoms with E-state index in [1.54, 1.807) is 0 Å². The Bertz CT molecular complexity index is 445. The Hall–Kier alpha value is -1.36. The zero-order valence-electron chi connectivity index (χ0n) is 8.74. The minimum absolute atomic E-state index is 0.00532. The highest BCUT2D eigenvalue weighted by atomic mass is 79.9. The van der Waals surface area contributed by atoms with Gasteiger partial charge in [-0.15, -0.1) is 0 Å². The van der Waals surface area contributed by atoms with E-state index in [1.807, 2.05) is 24.3 Å². The van der Waals surface area contributed by atoms with Crippen LogP contribution in [0.15, 0.2) is 29.4 Å². The van der Waals surface area contributed by atoms with E-state index in [0.29, 0.717) is 6.61 Å². The summed E-state index contributed by atoms with van der Waals surface area (Å²) < 4.78 is 5.53. The number of carbonyl (C=O) groups excluding carboxylic acids is 1. The Labute approximate surface area is 102 Å². The van der Waals surface area contributed by atoms with Gasteiger partial charge in [0.05, 0.1) is 10.5 Å². The maximum Gasteiger partial charge on any atom is 0.236 e. The summed E-state index contributed by atoms with van der Waals surface area (Å²) in [5.41, 5.74) is 4.15. The number of para-hydroxylation sites is 1. The zero-order valence-corrected chi connectivity index (χ0v) is 10.3. The smallest absolute Gasteiger partial charge is 0.236 e. The summed E-state index contributed by atoms with van der Waals surface area (Å²) in [6.45, 7) is 1.94. The van der Waals surface area contributed by atoms with Gasteiger partial charge in [-0.2, -0.15) is 5.10 Å². The summed E-state index contributed by atoms with van der Waals surface area (Å²) in [5, 5.41) is 4.10. The Morgan fingerprint density at radius 2 is 2.31 bits per heavy atom. The number of nitrogens with one attached hydrogen (secondary N) is 1. The third kappa shape index (κ3) is 2.24. The van der Waals surface area contributed by atoms with E-state index in [4.69, 9.17) is 4.74 Å². The average Bonchev–Trinajstić information content (AvgIpc) is 2.27. The number of nitrogens with zero attached hydrogens (tertiary/aromatic N) is 1. The lowest BCUT2D eigenvalue weighted by atomic mass is 10.0. The van der Waals surface area contributed by atoms with Gasteiger partial charge in [0.1, 0.15) is 12.4 Å². The van der Waals surface area contributed by atoms with Gasteiger partial charge in [0.15, 0.2) is 0 Å². The van der Waals surface area contributed by atoms with Crippen LogP contribution in [0.25, 0.3) is 0 Å². The van der Waals surface area contributed by atoms with Crippen LogP contribution < -0.4 is 10.2 Å². The first kappa shape index (κ1) is 11.1. The third-order valence-corrected chi connectivity index (χ3v) is 2.88. The molecule has 1 amide bonds. The van der Waals surface area contributed by atoms with Crippen molar-refractivity contribution < 1.29 is 9.53 Å². The maximum absolute atomic E-state index is 10.8. The van der Waals surface area contributed by atoms with Gasteiger partial charge < -0.3 is 4.74 Å². The summed E-state index contributed by atoms with van der Waals surface area (Å²) in [6, 6.07) is 7.63. The zero-order chi connectivity index (χ0) is 11.5. The molecule has 0 bridgehead atoms. The average molecular weight is 283 g/mol. The van der Waals surface area contributed by atoms with Crippen LogP contribution in [-0.2, 0) is 4.79 Å². The molecule has 1 atom stereocenters. The molecule has 1 heterocycles. The summed E-state index contributed by atoms with van der Waals surface area (Å²) >= 11 is 3.47. The summed E-state index contributed by atoms with van der Waals surface area (Å²) in [5.74, 6) is 0.610. The van der Waals surface area contributed by atoms with E-state index < -0.39 is 0 Å². The van der Waals surface area contributed by atoms with Crippen molar-refractivity contribution in [1.29, 1.82) is 0 Å². The number of alkyl halides is 1. The van der Waals surface area contributed by atoms with Crippen LogP contribution in [0.5, 0.6) is 5.75 Å². The van der Waals surface area contributed by atoms with Crippen molar-refractivity contribution in [2.75, 3.05) is 6.61 Å². The summed E-state index contributed by atoms with van der Waals surface area (Å²) in [7, 11) is 0. The summed E-state index contributed by atoms with van der Waals surface area (Å²) in [6.07, 6.45) is 0. The van der Waals surface area contributed by atoms with Crippen LogP contribution in [0.1, 0.15) is 12.5 Å². The molecule has 0 aromatic heterocycles. The molecule has 1 aliphatic rings. The van der Waals surface area contributed by atoms with E-state index in [1.165, 1.54) is 6.92 Å². The number of benzene rings is 1. The molecule has 16 heavy (non-hydrogen) atoms. The van der Waals surface area contributed by atoms with Crippen LogP contribution in [0.4, 0.5) is 0 Å². The van der Waals surface area contributed by atoms with Gasteiger partial charge in [-0.1, -0.05) is 28.1 Å². The quantitative estimate of drug-likeness (QED) is 0.629. The molecule has 0 aliphatic carbocycles. The predicted molar refractivity (Wildman–Crippen MR) is 65.0 cm³/mol. The fraction of sp³-hybridized carbons (Fsp3) is 0.273. The Kier molecular flexibility index (Phi) is 3.24. The number of ether oxygens (including phenoxy) is 1. The first-order chi connectivity index (χ1) is 7.68. The highest BCUT2D eigenvalue weighted by molar-refractivity contribution is 9.10. The molecular formula is C11H11BrN2O2. The van der Waals surface area contributed by atoms with E-state index in [0.717, 1.165) is 17.0 Å². The topological polar surface area (TPSA) is 50.7 Å². The minimum atomic E-state index is -0.184. The van der Waals surface area contributed by atoms with Crippen molar-refractivity contribution >= 4 is 27.5 Å². The maximum atomic E-state index is 10.8. The number of amides is 1. The number of fused-ring (bicyclic) bond motifs is 1. The Morgan fingerprint density at radius 1 is 1.56 bits per heavy atom. The van der Waals surface area contributed by atoms with E-state index in [-0.39, 0.29) is 10.7 Å². The van der Waals surface area contributed by atoms with E-state index in [9.17, 15) is 4.79 Å². The molecule has 84 valence electrons. The molecule has 1 N–H and O–H groups in total. The number of hydrogen-bond acceptors (Lipinski definition) is 3. The van der Waals surface area contributed by atoms with E-state index >= 15 is 0 Å². The van der Waals surface area contributed by atoms with Crippen molar-refractivity contribution in [3.05, 3.63) is 29.8 Å². The second-order valence-electron chi connectivity index (χ2n) is 3.44. The number of rotatable bonds is 1. The highest BCUT2D eigenvalue weighted by Crippen LogP contribution is 2.27. The van der Waals surface area contributed by atoms with E-state index in [2.05, 4.69) is 26.5 Å². The van der Waals surface area contributed by atoms with Gasteiger partial charge in [-0.3, -0.25) is 4.79 Å². The standard InChI is InChI=1S/C11H11BrN2O2/c1-7(15)13-14-11-8-4-2-3-5-10(8)16-6-9(11)12/h2-5,9H,6H2,1H3,(H,13,15)/b14-11+. The largest absolute Gasteiger partial charge is 0.491 e. The molecule has 2 rings (SSSR count). The second-order valence-corrected chi connectivity index (χ2v) is 4.55. The summed E-state index contributed by atoms with van der Waals surface area (Å²) in [4.78, 5) is 10.8. The highest BCUT2D eigenvalue weighted by Gasteiger charge is 2.24. The molecule has 0 saturated carbocycles. The van der Waals surface area contributed by atoms with Crippen molar-refractivity contribution in [3.63, 3.8) is 0 Å². The lowest BCUT2D eigenvalue weighted by molar-refractivity contribution is -0.118. The monoisotopic (exact) mass is 282 g/mol. The number of hydrazone groups is 1. The molecule has 0 radical (unpaired) electrons. The number of hydrogen-bond donors (Lipinski definition) is 1. The van der Waals surface area contributed by atoms with Crippen molar-refractivity contribution in [3.8, 4) is 5.75 Å². The fourth-order valence-electron chi connectivity index (χ4n) is 1.48. The molecule has 0 spiro atoms. The molecule has 1 unspecified atom stereocenters. The van der Waals surface area contributed by atoms with Crippen LogP contribution >= 0.6 is 15.9 Å². The Balaban J connectivity index is 2.36. The third-order valence-electron chi connectivity index (χ3n) is 2.18. The molecule has 0 fully saturated rings. The van der Waals surface area contributed by atoms with Crippen molar-refractivity contribution in [2.24, 2.45) is 5.10 Å². The number of halogens is 1. The van der Waals surface area contributed by atoms with Crippen LogP contribution in [-0.4, -0.2) is 23.1 Å². The molecule has 1 aromatic rings. The van der Waals surface area contributed by atoms with Gasteiger partial charge in [0.25, 0.3) is 0 Å². The molecule has 0 saturated heterocycles. The SMILES string of the molecule is CC(=O)N/N=C1\c2ccccc2OCC1Br. The Morgan fingerprint density at radius 3 is 3.06 bits per heavy atom. The van der Waals surface area contributed by atoms with Crippen LogP contribution in [0.2, 0.25) is 0 Å². The van der Waals surface area contributed by atoms with Gasteiger partial charge in [-0.25, -0.2) is 5.43 Å². The molecule has 1 aliphatic heterocycles. The van der Waals surface area contributed by atoms with Gasteiger partial charge in [-0.05, 0) is 12.1 Å². The molecule has 1 aromatic carbocycles. The normalized spacial score (nSPS) is 21.1.